The van der Waals surface area contributed by atoms with Crippen LogP contribution in [0.3, 0.4) is 0 Å². The summed E-state index contributed by atoms with van der Waals surface area (Å²) in [6.45, 7) is 0.0537. The van der Waals surface area contributed by atoms with Gasteiger partial charge in [0.05, 0.1) is 11.1 Å². The quantitative estimate of drug-likeness (QED) is 0.725. The lowest BCUT2D eigenvalue weighted by molar-refractivity contribution is 0.0966. The lowest BCUT2D eigenvalue weighted by Crippen LogP contribution is -2.11. The Hall–Kier alpha value is -2.69. The smallest absolute Gasteiger partial charge is 0.188 e. The number of benzene rings is 2. The van der Waals surface area contributed by atoms with Gasteiger partial charge in [-0.2, -0.15) is 0 Å². The average molecular weight is 253 g/mol. The molecule has 0 spiro atoms. The summed E-state index contributed by atoms with van der Waals surface area (Å²) >= 11 is 0. The number of fused-ring (bicyclic) bond motifs is 1. The second-order valence-electron chi connectivity index (χ2n) is 4.18. The van der Waals surface area contributed by atoms with Gasteiger partial charge in [0.25, 0.3) is 0 Å². The summed E-state index contributed by atoms with van der Waals surface area (Å²) in [7, 11) is 0. The van der Waals surface area contributed by atoms with E-state index in [0.29, 0.717) is 5.56 Å². The number of Topliss-reactive ketones (excluding diaryl/α,β-unsaturated/α-hetero) is 1. The Bertz CT molecular complexity index is 749. The van der Waals surface area contributed by atoms with E-state index in [0.717, 1.165) is 11.0 Å². The molecule has 0 saturated carbocycles. The second-order valence-corrected chi connectivity index (χ2v) is 4.18. The van der Waals surface area contributed by atoms with Gasteiger partial charge in [0.15, 0.2) is 5.78 Å². The zero-order valence-corrected chi connectivity index (χ0v) is 10.0. The fourth-order valence-corrected chi connectivity index (χ4v) is 1.96. The molecule has 0 unspecified atom stereocenters. The van der Waals surface area contributed by atoms with Crippen LogP contribution >= 0.6 is 0 Å². The van der Waals surface area contributed by atoms with Crippen LogP contribution < -0.4 is 0 Å². The summed E-state index contributed by atoms with van der Waals surface area (Å²) in [6, 6.07) is 13.9. The number of aromatic nitrogens is 3. The van der Waals surface area contributed by atoms with Crippen molar-refractivity contribution < 1.29 is 9.90 Å². The highest BCUT2D eigenvalue weighted by atomic mass is 16.3. The standard InChI is InChI=1S/C14H11N3O2/c18-13-8-4-1-5-10(13)14(19)9-17-12-7-3-2-6-11(12)15-16-17/h1-8,18H,9H2. The van der Waals surface area contributed by atoms with E-state index in [-0.39, 0.29) is 18.1 Å². The van der Waals surface area contributed by atoms with Crippen molar-refractivity contribution in [1.29, 1.82) is 0 Å². The number of aromatic hydroxyl groups is 1. The van der Waals surface area contributed by atoms with Crippen LogP contribution in [-0.2, 0) is 6.54 Å². The third-order valence-electron chi connectivity index (χ3n) is 2.92. The van der Waals surface area contributed by atoms with Crippen LogP contribution in [-0.4, -0.2) is 25.9 Å². The van der Waals surface area contributed by atoms with Crippen molar-refractivity contribution in [2.24, 2.45) is 0 Å². The molecule has 0 amide bonds. The number of ketones is 1. The number of rotatable bonds is 3. The van der Waals surface area contributed by atoms with E-state index in [1.165, 1.54) is 10.7 Å². The van der Waals surface area contributed by atoms with Crippen molar-refractivity contribution >= 4 is 16.8 Å². The highest BCUT2D eigenvalue weighted by Gasteiger charge is 2.13. The van der Waals surface area contributed by atoms with Crippen molar-refractivity contribution in [1.82, 2.24) is 15.0 Å². The van der Waals surface area contributed by atoms with Crippen molar-refractivity contribution in [3.8, 4) is 5.75 Å². The summed E-state index contributed by atoms with van der Waals surface area (Å²) in [6.07, 6.45) is 0. The molecule has 94 valence electrons. The minimum absolute atomic E-state index is 0.0167. The number of phenolic OH excluding ortho intramolecular Hbond substituents is 1. The van der Waals surface area contributed by atoms with Crippen LogP contribution in [0.2, 0.25) is 0 Å². The Balaban J connectivity index is 1.94. The molecule has 5 nitrogen and oxygen atoms in total. The van der Waals surface area contributed by atoms with Crippen LogP contribution in [0.25, 0.3) is 11.0 Å². The molecule has 0 radical (unpaired) electrons. The van der Waals surface area contributed by atoms with Gasteiger partial charge in [0, 0.05) is 0 Å². The SMILES string of the molecule is O=C(Cn1nnc2ccccc21)c1ccccc1O. The van der Waals surface area contributed by atoms with Gasteiger partial charge in [0.2, 0.25) is 0 Å². The van der Waals surface area contributed by atoms with Gasteiger partial charge >= 0.3 is 0 Å². The number of carbonyl (C=O) groups is 1. The highest BCUT2D eigenvalue weighted by Crippen LogP contribution is 2.17. The highest BCUT2D eigenvalue weighted by molar-refractivity contribution is 5.98. The maximum Gasteiger partial charge on any atom is 0.188 e. The molecule has 3 aromatic rings. The van der Waals surface area contributed by atoms with Crippen LogP contribution in [0.5, 0.6) is 5.75 Å². The first-order valence-electron chi connectivity index (χ1n) is 5.85. The van der Waals surface area contributed by atoms with Gasteiger partial charge in [-0.25, -0.2) is 4.68 Å². The molecule has 0 bridgehead atoms. The van der Waals surface area contributed by atoms with Gasteiger partial charge in [-0.3, -0.25) is 4.79 Å². The molecule has 0 fully saturated rings. The summed E-state index contributed by atoms with van der Waals surface area (Å²) < 4.78 is 1.53. The maximum absolute atomic E-state index is 12.1. The van der Waals surface area contributed by atoms with Gasteiger partial charge in [-0.15, -0.1) is 5.10 Å². The Morgan fingerprint density at radius 3 is 2.68 bits per heavy atom. The molecule has 1 heterocycles. The normalized spacial score (nSPS) is 10.7. The minimum atomic E-state index is -0.200. The van der Waals surface area contributed by atoms with Gasteiger partial charge in [0.1, 0.15) is 17.8 Å². The summed E-state index contributed by atoms with van der Waals surface area (Å²) in [5, 5.41) is 17.6. The van der Waals surface area contributed by atoms with Crippen LogP contribution in [0.15, 0.2) is 48.5 Å². The Morgan fingerprint density at radius 2 is 1.84 bits per heavy atom. The molecule has 0 aliphatic heterocycles. The second kappa shape index (κ2) is 4.53. The number of phenols is 1. The van der Waals surface area contributed by atoms with E-state index < -0.39 is 0 Å². The number of carbonyl (C=O) groups excluding carboxylic acids is 1. The largest absolute Gasteiger partial charge is 0.507 e. The first-order valence-corrected chi connectivity index (χ1v) is 5.85. The van der Waals surface area contributed by atoms with Crippen molar-refractivity contribution in [2.45, 2.75) is 6.54 Å². The molecule has 0 aliphatic rings. The van der Waals surface area contributed by atoms with Crippen LogP contribution in [0.4, 0.5) is 0 Å². The molecule has 5 heteroatoms. The predicted octanol–water partition coefficient (Wildman–Crippen LogP) is 2.02. The molecular formula is C14H11N3O2. The summed E-state index contributed by atoms with van der Waals surface area (Å²) in [5.74, 6) is -0.217. The first-order chi connectivity index (χ1) is 9.25. The van der Waals surface area contributed by atoms with Gasteiger partial charge in [-0.05, 0) is 24.3 Å². The lowest BCUT2D eigenvalue weighted by Gasteiger charge is -2.04. The monoisotopic (exact) mass is 253 g/mol. The molecule has 3 rings (SSSR count). The number of para-hydroxylation sites is 2. The van der Waals surface area contributed by atoms with Crippen molar-refractivity contribution in [3.63, 3.8) is 0 Å². The van der Waals surface area contributed by atoms with E-state index in [4.69, 9.17) is 0 Å². The molecule has 19 heavy (non-hydrogen) atoms. The Labute approximate surface area is 109 Å². The van der Waals surface area contributed by atoms with Crippen molar-refractivity contribution in [2.75, 3.05) is 0 Å². The minimum Gasteiger partial charge on any atom is -0.507 e. The summed E-state index contributed by atoms with van der Waals surface area (Å²) in [4.78, 5) is 12.1. The third-order valence-corrected chi connectivity index (χ3v) is 2.92. The molecular weight excluding hydrogens is 242 g/mol. The molecule has 1 aromatic heterocycles. The van der Waals surface area contributed by atoms with E-state index in [2.05, 4.69) is 10.3 Å². The van der Waals surface area contributed by atoms with Crippen LogP contribution in [0.1, 0.15) is 10.4 Å². The summed E-state index contributed by atoms with van der Waals surface area (Å²) in [5.41, 5.74) is 1.83. The molecule has 2 aromatic carbocycles. The van der Waals surface area contributed by atoms with E-state index >= 15 is 0 Å². The maximum atomic E-state index is 12.1. The van der Waals surface area contributed by atoms with E-state index in [9.17, 15) is 9.90 Å². The number of hydrogen-bond donors (Lipinski definition) is 1. The van der Waals surface area contributed by atoms with E-state index in [1.807, 2.05) is 24.3 Å². The fourth-order valence-electron chi connectivity index (χ4n) is 1.96. The van der Waals surface area contributed by atoms with E-state index in [1.54, 1.807) is 18.2 Å². The molecule has 0 aliphatic carbocycles. The lowest BCUT2D eigenvalue weighted by atomic mass is 10.1. The first kappa shape index (κ1) is 11.4. The zero-order valence-electron chi connectivity index (χ0n) is 10.0. The molecule has 1 N–H and O–H groups in total. The van der Waals surface area contributed by atoms with Crippen LogP contribution in [0, 0.1) is 0 Å². The number of nitrogens with zero attached hydrogens (tertiary/aromatic N) is 3. The Kier molecular flexibility index (Phi) is 2.72. The molecule has 0 saturated heterocycles. The average Bonchev–Trinajstić information content (AvgIpc) is 2.83. The topological polar surface area (TPSA) is 68.0 Å². The molecule has 0 atom stereocenters. The zero-order chi connectivity index (χ0) is 13.2. The fraction of sp³-hybridized carbons (Fsp3) is 0.0714. The predicted molar refractivity (Wildman–Crippen MR) is 70.0 cm³/mol. The van der Waals surface area contributed by atoms with Gasteiger partial charge in [-0.1, -0.05) is 29.5 Å². The Morgan fingerprint density at radius 1 is 1.11 bits per heavy atom. The van der Waals surface area contributed by atoms with Gasteiger partial charge < -0.3 is 5.11 Å². The third kappa shape index (κ3) is 2.06. The van der Waals surface area contributed by atoms with Crippen molar-refractivity contribution in [3.05, 3.63) is 54.1 Å². The number of hydrogen-bond acceptors (Lipinski definition) is 4.